The van der Waals surface area contributed by atoms with E-state index in [0.717, 1.165) is 4.47 Å². The van der Waals surface area contributed by atoms with Gasteiger partial charge >= 0.3 is 0 Å². The minimum atomic E-state index is -0.470. The largest absolute Gasteiger partial charge is 0.394 e. The highest BCUT2D eigenvalue weighted by Crippen LogP contribution is 2.29. The Morgan fingerprint density at radius 2 is 2.00 bits per heavy atom. The first-order valence-corrected chi connectivity index (χ1v) is 6.86. The molecule has 0 radical (unpaired) electrons. The Bertz CT molecular complexity index is 579. The van der Waals surface area contributed by atoms with E-state index < -0.39 is 6.04 Å². The maximum Gasteiger partial charge on any atom is 0.146 e. The molecule has 19 heavy (non-hydrogen) atoms. The first-order chi connectivity index (χ1) is 9.11. The predicted molar refractivity (Wildman–Crippen MR) is 79.0 cm³/mol. The smallest absolute Gasteiger partial charge is 0.146 e. The summed E-state index contributed by atoms with van der Waals surface area (Å²) in [4.78, 5) is 0. The molecule has 1 atom stereocenters. The van der Waals surface area contributed by atoms with Crippen LogP contribution in [0.25, 0.3) is 0 Å². The van der Waals surface area contributed by atoms with Gasteiger partial charge in [-0.1, -0.05) is 39.7 Å². The summed E-state index contributed by atoms with van der Waals surface area (Å²) >= 11 is 9.46. The predicted octanol–water partition coefficient (Wildman–Crippen LogP) is 4.39. The molecule has 0 bridgehead atoms. The molecule has 2 N–H and O–H groups in total. The first kappa shape index (κ1) is 14.3. The zero-order valence-corrected chi connectivity index (χ0v) is 12.2. The Balaban J connectivity index is 2.30. The Morgan fingerprint density at radius 3 is 2.68 bits per heavy atom. The molecule has 2 aromatic carbocycles. The summed E-state index contributed by atoms with van der Waals surface area (Å²) in [7, 11) is 0. The number of nitrogens with one attached hydrogen (secondary N) is 1. The fraction of sp³-hybridized carbons (Fsp3) is 0.143. The second-order valence-corrected chi connectivity index (χ2v) is 5.35. The number of halogens is 3. The number of anilines is 1. The molecule has 1 unspecified atom stereocenters. The van der Waals surface area contributed by atoms with Crippen molar-refractivity contribution in [3.05, 3.63) is 63.3 Å². The molecule has 2 aromatic rings. The lowest BCUT2D eigenvalue weighted by Crippen LogP contribution is -2.16. The van der Waals surface area contributed by atoms with Gasteiger partial charge < -0.3 is 10.4 Å². The average Bonchev–Trinajstić information content (AvgIpc) is 2.41. The van der Waals surface area contributed by atoms with Gasteiger partial charge in [-0.25, -0.2) is 4.39 Å². The van der Waals surface area contributed by atoms with Crippen LogP contribution in [0.3, 0.4) is 0 Å². The van der Waals surface area contributed by atoms with Crippen LogP contribution in [0, 0.1) is 5.82 Å². The lowest BCUT2D eigenvalue weighted by atomic mass is 10.1. The van der Waals surface area contributed by atoms with Crippen molar-refractivity contribution in [1.29, 1.82) is 0 Å². The van der Waals surface area contributed by atoms with Crippen molar-refractivity contribution in [3.8, 4) is 0 Å². The molecule has 0 spiro atoms. The van der Waals surface area contributed by atoms with Crippen LogP contribution in [0.4, 0.5) is 10.1 Å². The summed E-state index contributed by atoms with van der Waals surface area (Å²) < 4.78 is 14.4. The molecule has 0 amide bonds. The van der Waals surface area contributed by atoms with Crippen LogP contribution < -0.4 is 5.32 Å². The molecule has 0 heterocycles. The molecule has 0 saturated carbocycles. The van der Waals surface area contributed by atoms with E-state index in [-0.39, 0.29) is 12.4 Å². The van der Waals surface area contributed by atoms with Crippen LogP contribution in [0.5, 0.6) is 0 Å². The van der Waals surface area contributed by atoms with Crippen molar-refractivity contribution in [3.63, 3.8) is 0 Å². The number of hydrogen-bond donors (Lipinski definition) is 2. The average molecular weight is 345 g/mol. The van der Waals surface area contributed by atoms with E-state index >= 15 is 0 Å². The van der Waals surface area contributed by atoms with E-state index in [0.29, 0.717) is 16.3 Å². The van der Waals surface area contributed by atoms with Crippen LogP contribution in [0.2, 0.25) is 5.02 Å². The molecule has 0 aliphatic heterocycles. The van der Waals surface area contributed by atoms with Crippen LogP contribution in [0.15, 0.2) is 46.9 Å². The van der Waals surface area contributed by atoms with Gasteiger partial charge in [-0.2, -0.15) is 0 Å². The normalized spacial score (nSPS) is 12.2. The van der Waals surface area contributed by atoms with Crippen molar-refractivity contribution >= 4 is 33.2 Å². The van der Waals surface area contributed by atoms with Crippen molar-refractivity contribution in [2.24, 2.45) is 0 Å². The standard InChI is InChI=1S/C14H12BrClFNO/c15-9-5-6-11(16)10(7-9)14(8-19)18-13-4-2-1-3-12(13)17/h1-7,14,18-19H,8H2. The maximum atomic E-state index is 13.6. The van der Waals surface area contributed by atoms with Gasteiger partial charge in [0, 0.05) is 9.50 Å². The van der Waals surface area contributed by atoms with Crippen molar-refractivity contribution in [2.45, 2.75) is 6.04 Å². The number of aliphatic hydroxyl groups is 1. The molecule has 5 heteroatoms. The zero-order chi connectivity index (χ0) is 13.8. The van der Waals surface area contributed by atoms with Gasteiger partial charge in [0.1, 0.15) is 5.82 Å². The first-order valence-electron chi connectivity index (χ1n) is 5.68. The van der Waals surface area contributed by atoms with Gasteiger partial charge in [-0.05, 0) is 35.9 Å². The summed E-state index contributed by atoms with van der Waals surface area (Å²) in [5.41, 5.74) is 1.04. The zero-order valence-electron chi connectivity index (χ0n) is 9.91. The summed E-state index contributed by atoms with van der Waals surface area (Å²) in [6.07, 6.45) is 0. The SMILES string of the molecule is OCC(Nc1ccccc1F)c1cc(Br)ccc1Cl. The molecular weight excluding hydrogens is 333 g/mol. The van der Waals surface area contributed by atoms with Crippen molar-refractivity contribution in [2.75, 3.05) is 11.9 Å². The van der Waals surface area contributed by atoms with Gasteiger partial charge in [0.05, 0.1) is 18.3 Å². The fourth-order valence-corrected chi connectivity index (χ4v) is 2.40. The third-order valence-electron chi connectivity index (χ3n) is 2.72. The number of hydrogen-bond acceptors (Lipinski definition) is 2. The number of para-hydroxylation sites is 1. The van der Waals surface area contributed by atoms with Gasteiger partial charge in [0.2, 0.25) is 0 Å². The minimum Gasteiger partial charge on any atom is -0.394 e. The maximum absolute atomic E-state index is 13.6. The Labute approximate surface area is 124 Å². The Morgan fingerprint density at radius 1 is 1.26 bits per heavy atom. The van der Waals surface area contributed by atoms with E-state index in [1.54, 1.807) is 30.3 Å². The Kier molecular flexibility index (Phi) is 4.80. The van der Waals surface area contributed by atoms with Crippen LogP contribution in [-0.2, 0) is 0 Å². The number of benzene rings is 2. The molecular formula is C14H12BrClFNO. The molecule has 100 valence electrons. The van der Waals surface area contributed by atoms with Gasteiger partial charge in [0.25, 0.3) is 0 Å². The molecule has 0 aliphatic carbocycles. The third kappa shape index (κ3) is 3.47. The molecule has 0 saturated heterocycles. The molecule has 2 rings (SSSR count). The van der Waals surface area contributed by atoms with E-state index in [2.05, 4.69) is 21.2 Å². The second kappa shape index (κ2) is 6.37. The quantitative estimate of drug-likeness (QED) is 0.862. The van der Waals surface area contributed by atoms with Crippen molar-refractivity contribution in [1.82, 2.24) is 0 Å². The summed E-state index contributed by atoms with van der Waals surface area (Å²) in [5.74, 6) is -0.368. The van der Waals surface area contributed by atoms with Crippen molar-refractivity contribution < 1.29 is 9.50 Å². The van der Waals surface area contributed by atoms with Gasteiger partial charge in [-0.15, -0.1) is 0 Å². The van der Waals surface area contributed by atoms with Crippen LogP contribution >= 0.6 is 27.5 Å². The monoisotopic (exact) mass is 343 g/mol. The molecule has 0 fully saturated rings. The van der Waals surface area contributed by atoms with E-state index in [9.17, 15) is 9.50 Å². The second-order valence-electron chi connectivity index (χ2n) is 4.03. The van der Waals surface area contributed by atoms with Crippen LogP contribution in [-0.4, -0.2) is 11.7 Å². The lowest BCUT2D eigenvalue weighted by Gasteiger charge is -2.20. The molecule has 0 aromatic heterocycles. The third-order valence-corrected chi connectivity index (χ3v) is 3.56. The Hall–Kier alpha value is -1.10. The summed E-state index contributed by atoms with van der Waals surface area (Å²) in [5, 5.41) is 13.0. The number of rotatable bonds is 4. The summed E-state index contributed by atoms with van der Waals surface area (Å²) in [6, 6.07) is 11.2. The van der Waals surface area contributed by atoms with E-state index in [1.807, 2.05) is 6.07 Å². The summed E-state index contributed by atoms with van der Waals surface area (Å²) in [6.45, 7) is -0.190. The van der Waals surface area contributed by atoms with Gasteiger partial charge in [0.15, 0.2) is 0 Å². The minimum absolute atomic E-state index is 0.190. The highest BCUT2D eigenvalue weighted by atomic mass is 79.9. The lowest BCUT2D eigenvalue weighted by molar-refractivity contribution is 0.276. The van der Waals surface area contributed by atoms with Crippen LogP contribution in [0.1, 0.15) is 11.6 Å². The van der Waals surface area contributed by atoms with E-state index in [1.165, 1.54) is 6.07 Å². The molecule has 0 aliphatic rings. The molecule has 2 nitrogen and oxygen atoms in total. The topological polar surface area (TPSA) is 32.3 Å². The highest BCUT2D eigenvalue weighted by Gasteiger charge is 2.15. The number of aliphatic hydroxyl groups excluding tert-OH is 1. The van der Waals surface area contributed by atoms with Gasteiger partial charge in [-0.3, -0.25) is 0 Å². The fourth-order valence-electron chi connectivity index (χ4n) is 1.77. The van der Waals surface area contributed by atoms with E-state index in [4.69, 9.17) is 11.6 Å². The highest BCUT2D eigenvalue weighted by molar-refractivity contribution is 9.10.